The van der Waals surface area contributed by atoms with Gasteiger partial charge in [0.25, 0.3) is 5.91 Å². The fraction of sp³-hybridized carbons (Fsp3) is 0.615. The molecule has 0 unspecified atom stereocenters. The van der Waals surface area contributed by atoms with Gasteiger partial charge in [0.2, 0.25) is 0 Å². The summed E-state index contributed by atoms with van der Waals surface area (Å²) in [4.78, 5) is 33.5. The molecular formula is C39H52F2N6O3. The lowest BCUT2D eigenvalue weighted by atomic mass is 9.56. The summed E-state index contributed by atoms with van der Waals surface area (Å²) in [5.74, 6) is 0.187. The minimum absolute atomic E-state index is 0.0313. The van der Waals surface area contributed by atoms with Gasteiger partial charge in [0.1, 0.15) is 11.9 Å². The Balaban J connectivity index is 1.17. The largest absolute Gasteiger partial charge is 0.453 e. The summed E-state index contributed by atoms with van der Waals surface area (Å²) >= 11 is 0. The van der Waals surface area contributed by atoms with Gasteiger partial charge in [-0.3, -0.25) is 4.79 Å². The SMILES string of the molecule is COC(=O)N[C@H]1CCC[C@@H]1[C@](CCN1CC(C)C1)(c1cccc(F)c1)C1CCN(CC2CN(c3ccc(C#N)c(C(=O)N(C)C)c3F)C2)CC1. The number of nitrogens with zero attached hydrogens (tertiary/aromatic N) is 5. The molecule has 2 aromatic carbocycles. The lowest BCUT2D eigenvalue weighted by molar-refractivity contribution is 0.0368. The maximum absolute atomic E-state index is 15.6. The maximum Gasteiger partial charge on any atom is 0.407 e. The Hall–Kier alpha value is -3.75. The maximum atomic E-state index is 15.6. The van der Waals surface area contributed by atoms with E-state index in [2.05, 4.69) is 28.1 Å². The molecule has 2 aromatic rings. The van der Waals surface area contributed by atoms with Gasteiger partial charge in [0, 0.05) is 64.2 Å². The molecule has 1 aliphatic carbocycles. The van der Waals surface area contributed by atoms with Crippen molar-refractivity contribution in [2.24, 2.45) is 23.7 Å². The summed E-state index contributed by atoms with van der Waals surface area (Å²) in [6.07, 6.45) is 5.35. The minimum atomic E-state index is -0.629. The number of carbonyl (C=O) groups is 2. The van der Waals surface area contributed by atoms with Gasteiger partial charge in [0.05, 0.1) is 23.9 Å². The van der Waals surface area contributed by atoms with Crippen molar-refractivity contribution < 1.29 is 23.1 Å². The summed E-state index contributed by atoms with van der Waals surface area (Å²) in [6.45, 7) is 9.53. The first-order valence-corrected chi connectivity index (χ1v) is 18.3. The van der Waals surface area contributed by atoms with Gasteiger partial charge in [-0.1, -0.05) is 25.5 Å². The third-order valence-electron chi connectivity index (χ3n) is 12.0. The van der Waals surface area contributed by atoms with E-state index in [-0.39, 0.29) is 34.3 Å². The topological polar surface area (TPSA) is 92.1 Å². The number of nitrogens with one attached hydrogen (secondary N) is 1. The molecule has 0 bridgehead atoms. The van der Waals surface area contributed by atoms with Crippen molar-refractivity contribution >= 4 is 17.7 Å². The lowest BCUT2D eigenvalue weighted by Crippen LogP contribution is -2.56. The van der Waals surface area contributed by atoms with Crippen LogP contribution in [-0.2, 0) is 10.2 Å². The van der Waals surface area contributed by atoms with E-state index in [4.69, 9.17) is 4.74 Å². The number of hydrogen-bond donors (Lipinski definition) is 1. The zero-order chi connectivity index (χ0) is 35.6. The van der Waals surface area contributed by atoms with Gasteiger partial charge < -0.3 is 29.7 Å². The van der Waals surface area contributed by atoms with E-state index >= 15 is 8.78 Å². The number of hydrogen-bond acceptors (Lipinski definition) is 7. The van der Waals surface area contributed by atoms with Crippen LogP contribution in [-0.4, -0.2) is 106 Å². The second-order valence-corrected chi connectivity index (χ2v) is 15.4. The summed E-state index contributed by atoms with van der Waals surface area (Å²) in [6, 6.07) is 12.3. The number of piperidine rings is 1. The normalized spacial score (nSPS) is 23.4. The number of ether oxygens (including phenoxy) is 1. The Labute approximate surface area is 295 Å². The quantitative estimate of drug-likeness (QED) is 0.334. The predicted molar refractivity (Wildman–Crippen MR) is 189 cm³/mol. The van der Waals surface area contributed by atoms with Crippen LogP contribution in [0.15, 0.2) is 36.4 Å². The Bertz CT molecular complexity index is 1580. The van der Waals surface area contributed by atoms with Crippen molar-refractivity contribution in [1.82, 2.24) is 20.0 Å². The number of carbonyl (C=O) groups excluding carboxylic acids is 2. The third kappa shape index (κ3) is 7.20. The number of halogens is 2. The van der Waals surface area contributed by atoms with E-state index < -0.39 is 17.8 Å². The number of likely N-dealkylation sites (tertiary alicyclic amines) is 2. The zero-order valence-electron chi connectivity index (χ0n) is 30.0. The molecule has 270 valence electrons. The molecule has 0 spiro atoms. The summed E-state index contributed by atoms with van der Waals surface area (Å²) in [7, 11) is 4.52. The Morgan fingerprint density at radius 3 is 2.42 bits per heavy atom. The number of benzene rings is 2. The van der Waals surface area contributed by atoms with Crippen LogP contribution in [0.2, 0.25) is 0 Å². The first-order valence-electron chi connectivity index (χ1n) is 18.3. The molecule has 50 heavy (non-hydrogen) atoms. The van der Waals surface area contributed by atoms with Crippen LogP contribution < -0.4 is 10.2 Å². The van der Waals surface area contributed by atoms with E-state index in [9.17, 15) is 14.9 Å². The molecule has 3 saturated heterocycles. The lowest BCUT2D eigenvalue weighted by Gasteiger charge is -2.52. The molecule has 1 saturated carbocycles. The van der Waals surface area contributed by atoms with E-state index in [1.807, 2.05) is 17.0 Å². The minimum Gasteiger partial charge on any atom is -0.453 e. The molecule has 4 fully saturated rings. The van der Waals surface area contributed by atoms with Crippen LogP contribution in [0.5, 0.6) is 0 Å². The Kier molecular flexibility index (Phi) is 11.0. The van der Waals surface area contributed by atoms with E-state index in [1.165, 1.54) is 24.1 Å². The average molecular weight is 691 g/mol. The fourth-order valence-corrected chi connectivity index (χ4v) is 9.59. The van der Waals surface area contributed by atoms with Crippen LogP contribution in [0.1, 0.15) is 66.9 Å². The van der Waals surface area contributed by atoms with Gasteiger partial charge in [-0.05, 0) is 99.3 Å². The molecule has 9 nitrogen and oxygen atoms in total. The highest BCUT2D eigenvalue weighted by atomic mass is 19.1. The van der Waals surface area contributed by atoms with E-state index in [0.717, 1.165) is 83.4 Å². The van der Waals surface area contributed by atoms with Crippen LogP contribution in [0, 0.1) is 46.6 Å². The molecule has 1 N–H and O–H groups in total. The predicted octanol–water partition coefficient (Wildman–Crippen LogP) is 5.49. The van der Waals surface area contributed by atoms with Crippen LogP contribution in [0.3, 0.4) is 0 Å². The number of nitriles is 1. The number of rotatable bonds is 11. The molecule has 0 aromatic heterocycles. The first-order chi connectivity index (χ1) is 24.0. The van der Waals surface area contributed by atoms with Crippen molar-refractivity contribution in [3.63, 3.8) is 0 Å². The van der Waals surface area contributed by atoms with E-state index in [0.29, 0.717) is 36.5 Å². The molecule has 11 heteroatoms. The summed E-state index contributed by atoms with van der Waals surface area (Å²) in [5.41, 5.74) is 1.00. The van der Waals surface area contributed by atoms with Crippen molar-refractivity contribution in [2.45, 2.75) is 56.9 Å². The highest BCUT2D eigenvalue weighted by molar-refractivity contribution is 5.97. The molecule has 4 aliphatic rings. The highest BCUT2D eigenvalue weighted by Crippen LogP contribution is 2.53. The first kappa shape index (κ1) is 36.1. The molecule has 3 atom stereocenters. The Morgan fingerprint density at radius 1 is 1.04 bits per heavy atom. The van der Waals surface area contributed by atoms with Crippen LogP contribution in [0.25, 0.3) is 0 Å². The van der Waals surface area contributed by atoms with Gasteiger partial charge >= 0.3 is 6.09 Å². The molecule has 3 aliphatic heterocycles. The van der Waals surface area contributed by atoms with Crippen molar-refractivity contribution in [2.75, 3.05) is 78.5 Å². The number of anilines is 1. The van der Waals surface area contributed by atoms with Crippen molar-refractivity contribution in [3.05, 3.63) is 64.7 Å². The highest BCUT2D eigenvalue weighted by Gasteiger charge is 2.52. The average Bonchev–Trinajstić information content (AvgIpc) is 3.54. The van der Waals surface area contributed by atoms with Gasteiger partial charge in [-0.25, -0.2) is 13.6 Å². The fourth-order valence-electron chi connectivity index (χ4n) is 9.59. The van der Waals surface area contributed by atoms with Crippen molar-refractivity contribution in [3.8, 4) is 6.07 Å². The second-order valence-electron chi connectivity index (χ2n) is 15.4. The van der Waals surface area contributed by atoms with E-state index in [1.54, 1.807) is 26.2 Å². The molecule has 6 rings (SSSR count). The second kappa shape index (κ2) is 15.2. The number of methoxy groups -OCH3 is 1. The standard InChI is InChI=1S/C39H52F2N6O3/c1-26-21-46(22-26)18-15-39(30-7-5-8-31(40)19-30,32-9-6-10-33(32)43-38(49)50-4)29-13-16-45(17-14-29)23-27-24-47(25-27)34-12-11-28(20-42)35(36(34)41)37(48)44(2)3/h5,7-8,11-12,19,26-27,29,32-33H,6,9-10,13-18,21-25H2,1-4H3,(H,43,49)/t32-,33-,39-/m0/s1. The molecule has 0 radical (unpaired) electrons. The van der Waals surface area contributed by atoms with Crippen LogP contribution in [0.4, 0.5) is 19.3 Å². The van der Waals surface area contributed by atoms with Gasteiger partial charge in [-0.2, -0.15) is 5.26 Å². The van der Waals surface area contributed by atoms with Gasteiger partial charge in [-0.15, -0.1) is 0 Å². The molecular weight excluding hydrogens is 638 g/mol. The number of amides is 2. The Morgan fingerprint density at radius 2 is 1.78 bits per heavy atom. The monoisotopic (exact) mass is 690 g/mol. The third-order valence-corrected chi connectivity index (χ3v) is 12.0. The summed E-state index contributed by atoms with van der Waals surface area (Å²) < 4.78 is 35.7. The smallest absolute Gasteiger partial charge is 0.407 e. The van der Waals surface area contributed by atoms with Crippen molar-refractivity contribution in [1.29, 1.82) is 5.26 Å². The number of alkyl carbamates (subject to hydrolysis) is 1. The molecule has 2 amide bonds. The summed E-state index contributed by atoms with van der Waals surface area (Å²) in [5, 5.41) is 12.7. The zero-order valence-corrected chi connectivity index (χ0v) is 30.0. The molecule has 3 heterocycles. The van der Waals surface area contributed by atoms with Gasteiger partial charge in [0.15, 0.2) is 5.82 Å². The van der Waals surface area contributed by atoms with Crippen LogP contribution >= 0.6 is 0 Å².